The van der Waals surface area contributed by atoms with Gasteiger partial charge in [0.15, 0.2) is 0 Å². The molecule has 0 fully saturated rings. The molecule has 0 N–H and O–H groups in total. The van der Waals surface area contributed by atoms with Crippen molar-refractivity contribution >= 4 is 33.3 Å². The highest BCUT2D eigenvalue weighted by Gasteiger charge is 2.09. The molecule has 116 valence electrons. The summed E-state index contributed by atoms with van der Waals surface area (Å²) in [5.74, 6) is 0. The van der Waals surface area contributed by atoms with Gasteiger partial charge in [-0.3, -0.25) is 0 Å². The van der Waals surface area contributed by atoms with Crippen LogP contribution in [0, 0.1) is 0 Å². The molecule has 0 bridgehead atoms. The van der Waals surface area contributed by atoms with Crippen LogP contribution < -0.4 is 4.90 Å². The van der Waals surface area contributed by atoms with Crippen molar-refractivity contribution in [2.45, 2.75) is 0 Å². The summed E-state index contributed by atoms with van der Waals surface area (Å²) in [6.07, 6.45) is 4.29. The lowest BCUT2D eigenvalue weighted by Crippen LogP contribution is -2.08. The third kappa shape index (κ3) is 2.65. The molecule has 0 aliphatic heterocycles. The van der Waals surface area contributed by atoms with Crippen LogP contribution in [0.25, 0.3) is 27.6 Å². The molecule has 0 saturated carbocycles. The van der Waals surface area contributed by atoms with Gasteiger partial charge in [0.2, 0.25) is 0 Å². The number of rotatable bonds is 3. The van der Waals surface area contributed by atoms with Crippen molar-refractivity contribution < 1.29 is 0 Å². The highest BCUT2D eigenvalue weighted by atomic mass is 15.1. The first-order valence-electron chi connectivity index (χ1n) is 8.19. The van der Waals surface area contributed by atoms with Crippen molar-refractivity contribution in [1.82, 2.24) is 0 Å². The van der Waals surface area contributed by atoms with Crippen LogP contribution >= 0.6 is 0 Å². The number of hydrogen-bond donors (Lipinski definition) is 0. The number of fused-ring (bicyclic) bond motifs is 2. The molecule has 0 aliphatic carbocycles. The van der Waals surface area contributed by atoms with E-state index < -0.39 is 0 Å². The maximum atomic E-state index is 2.27. The Labute approximate surface area is 142 Å². The van der Waals surface area contributed by atoms with Gasteiger partial charge in [-0.1, -0.05) is 78.9 Å². The highest BCUT2D eigenvalue weighted by molar-refractivity contribution is 6.11. The van der Waals surface area contributed by atoms with Gasteiger partial charge < -0.3 is 4.90 Å². The summed E-state index contributed by atoms with van der Waals surface area (Å²) >= 11 is 0. The third-order valence-electron chi connectivity index (χ3n) is 4.39. The van der Waals surface area contributed by atoms with Crippen molar-refractivity contribution in [2.24, 2.45) is 0 Å². The van der Waals surface area contributed by atoms with E-state index in [9.17, 15) is 0 Å². The average Bonchev–Trinajstić information content (AvgIpc) is 2.65. The van der Waals surface area contributed by atoms with E-state index in [2.05, 4.69) is 103 Å². The molecule has 4 aromatic carbocycles. The summed E-state index contributed by atoms with van der Waals surface area (Å²) in [6, 6.07) is 29.8. The van der Waals surface area contributed by atoms with Gasteiger partial charge in [0.25, 0.3) is 0 Å². The molecule has 0 heterocycles. The van der Waals surface area contributed by atoms with Gasteiger partial charge in [-0.25, -0.2) is 0 Å². The second-order valence-electron chi connectivity index (χ2n) is 6.00. The lowest BCUT2D eigenvalue weighted by Gasteiger charge is -2.20. The maximum absolute atomic E-state index is 2.27. The van der Waals surface area contributed by atoms with Crippen LogP contribution in [0.2, 0.25) is 0 Å². The van der Waals surface area contributed by atoms with Crippen molar-refractivity contribution in [1.29, 1.82) is 0 Å². The number of nitrogens with zero attached hydrogens (tertiary/aromatic N) is 1. The topological polar surface area (TPSA) is 3.24 Å². The lowest BCUT2D eigenvalue weighted by molar-refractivity contribution is 1.24. The maximum Gasteiger partial charge on any atom is 0.0562 e. The van der Waals surface area contributed by atoms with Crippen molar-refractivity contribution in [2.75, 3.05) is 11.9 Å². The number of benzene rings is 4. The van der Waals surface area contributed by atoms with E-state index >= 15 is 0 Å². The molecule has 0 aliphatic rings. The second-order valence-corrected chi connectivity index (χ2v) is 6.00. The van der Waals surface area contributed by atoms with Crippen LogP contribution in [0.1, 0.15) is 5.56 Å². The van der Waals surface area contributed by atoms with E-state index in [0.29, 0.717) is 0 Å². The Hall–Kier alpha value is -3.06. The summed E-state index contributed by atoms with van der Waals surface area (Å²) in [5, 5.41) is 5.09. The zero-order chi connectivity index (χ0) is 16.4. The summed E-state index contributed by atoms with van der Waals surface area (Å²) in [6.45, 7) is 0. The van der Waals surface area contributed by atoms with Crippen molar-refractivity contribution in [3.63, 3.8) is 0 Å². The zero-order valence-electron chi connectivity index (χ0n) is 13.7. The van der Waals surface area contributed by atoms with Gasteiger partial charge in [0.1, 0.15) is 0 Å². The molecular weight excluding hydrogens is 290 g/mol. The fourth-order valence-corrected chi connectivity index (χ4v) is 3.21. The van der Waals surface area contributed by atoms with Crippen molar-refractivity contribution in [3.05, 3.63) is 96.7 Å². The SMILES string of the molecule is CN(C=Cc1ccccc1)c1c2ccccc2cc2ccccc12. The molecule has 0 aromatic heterocycles. The van der Waals surface area contributed by atoms with Gasteiger partial charge in [-0.15, -0.1) is 0 Å². The Morgan fingerprint density at radius 1 is 0.667 bits per heavy atom. The molecule has 0 atom stereocenters. The van der Waals surface area contributed by atoms with Gasteiger partial charge in [0.05, 0.1) is 5.69 Å². The molecule has 4 aromatic rings. The first kappa shape index (κ1) is 14.5. The standard InChI is InChI=1S/C23H19N/c1-24(16-15-18-9-3-2-4-10-18)23-21-13-7-5-11-19(21)17-20-12-6-8-14-22(20)23/h2-17H,1H3. The molecular formula is C23H19N. The Morgan fingerprint density at radius 3 is 1.83 bits per heavy atom. The smallest absolute Gasteiger partial charge is 0.0562 e. The lowest BCUT2D eigenvalue weighted by atomic mass is 10.0. The molecule has 1 nitrogen and oxygen atoms in total. The first-order valence-corrected chi connectivity index (χ1v) is 8.19. The van der Waals surface area contributed by atoms with E-state index in [4.69, 9.17) is 0 Å². The van der Waals surface area contributed by atoms with E-state index in [1.165, 1.54) is 32.8 Å². The average molecular weight is 309 g/mol. The molecule has 0 amide bonds. The quantitative estimate of drug-likeness (QED) is 0.413. The van der Waals surface area contributed by atoms with Crippen molar-refractivity contribution in [3.8, 4) is 0 Å². The highest BCUT2D eigenvalue weighted by Crippen LogP contribution is 2.35. The van der Waals surface area contributed by atoms with Crippen LogP contribution in [-0.2, 0) is 0 Å². The van der Waals surface area contributed by atoms with E-state index in [1.807, 2.05) is 6.07 Å². The van der Waals surface area contributed by atoms with Crippen LogP contribution in [0.3, 0.4) is 0 Å². The third-order valence-corrected chi connectivity index (χ3v) is 4.39. The fourth-order valence-electron chi connectivity index (χ4n) is 3.21. The fraction of sp³-hybridized carbons (Fsp3) is 0.0435. The van der Waals surface area contributed by atoms with Gasteiger partial charge >= 0.3 is 0 Å². The number of anilines is 1. The Balaban J connectivity index is 1.88. The van der Waals surface area contributed by atoms with E-state index in [-0.39, 0.29) is 0 Å². The monoisotopic (exact) mass is 309 g/mol. The summed E-state index contributed by atoms with van der Waals surface area (Å²) < 4.78 is 0. The second kappa shape index (κ2) is 6.21. The Morgan fingerprint density at radius 2 is 1.21 bits per heavy atom. The largest absolute Gasteiger partial charge is 0.350 e. The Kier molecular flexibility index (Phi) is 3.76. The van der Waals surface area contributed by atoms with Gasteiger partial charge in [-0.2, -0.15) is 0 Å². The zero-order valence-corrected chi connectivity index (χ0v) is 13.7. The van der Waals surface area contributed by atoms with E-state index in [1.54, 1.807) is 0 Å². The predicted molar refractivity (Wildman–Crippen MR) is 105 cm³/mol. The number of hydrogen-bond acceptors (Lipinski definition) is 1. The minimum Gasteiger partial charge on any atom is -0.350 e. The molecule has 4 rings (SSSR count). The molecule has 0 unspecified atom stereocenters. The van der Waals surface area contributed by atoms with Crippen LogP contribution in [0.4, 0.5) is 5.69 Å². The molecule has 0 saturated heterocycles. The van der Waals surface area contributed by atoms with Crippen LogP contribution in [0.5, 0.6) is 0 Å². The molecule has 0 radical (unpaired) electrons. The molecule has 1 heteroatoms. The van der Waals surface area contributed by atoms with Crippen LogP contribution in [0.15, 0.2) is 91.1 Å². The van der Waals surface area contributed by atoms with E-state index in [0.717, 1.165) is 0 Å². The normalized spacial score (nSPS) is 11.4. The van der Waals surface area contributed by atoms with Gasteiger partial charge in [0, 0.05) is 24.0 Å². The minimum absolute atomic E-state index is 1.20. The van der Waals surface area contributed by atoms with Gasteiger partial charge in [-0.05, 0) is 28.5 Å². The molecule has 24 heavy (non-hydrogen) atoms. The predicted octanol–water partition coefficient (Wildman–Crippen LogP) is 6.10. The Bertz CT molecular complexity index is 962. The summed E-state index contributed by atoms with van der Waals surface area (Å²) in [5.41, 5.74) is 2.45. The summed E-state index contributed by atoms with van der Waals surface area (Å²) in [4.78, 5) is 2.22. The van der Waals surface area contributed by atoms with Crippen LogP contribution in [-0.4, -0.2) is 7.05 Å². The molecule has 0 spiro atoms. The first-order chi connectivity index (χ1) is 11.8. The summed E-state index contributed by atoms with van der Waals surface area (Å²) in [7, 11) is 2.12. The minimum atomic E-state index is 1.20.